The highest BCUT2D eigenvalue weighted by molar-refractivity contribution is 5.96. The van der Waals surface area contributed by atoms with E-state index in [4.69, 9.17) is 0 Å². The summed E-state index contributed by atoms with van der Waals surface area (Å²) < 4.78 is 0. The number of carbonyl (C=O) groups is 1. The molecule has 2 heterocycles. The lowest BCUT2D eigenvalue weighted by atomic mass is 9.67. The molecule has 4 heteroatoms. The average molecular weight is 259 g/mol. The molecule has 2 atom stereocenters. The summed E-state index contributed by atoms with van der Waals surface area (Å²) in [6.07, 6.45) is 6.36. The van der Waals surface area contributed by atoms with E-state index in [2.05, 4.69) is 15.6 Å². The Bertz CT molecular complexity index is 488. The summed E-state index contributed by atoms with van der Waals surface area (Å²) in [5, 5.41) is 6.51. The Morgan fingerprint density at radius 2 is 2.42 bits per heavy atom. The number of nitrogens with zero attached hydrogens (tertiary/aromatic N) is 1. The molecule has 4 nitrogen and oxygen atoms in total. The fourth-order valence-corrected chi connectivity index (χ4v) is 3.57. The van der Waals surface area contributed by atoms with Crippen LogP contribution >= 0.6 is 0 Å². The van der Waals surface area contributed by atoms with Gasteiger partial charge in [-0.2, -0.15) is 0 Å². The molecule has 2 aliphatic rings. The van der Waals surface area contributed by atoms with Gasteiger partial charge in [-0.05, 0) is 44.4 Å². The predicted octanol–water partition coefficient (Wildman–Crippen LogP) is 2.11. The van der Waals surface area contributed by atoms with Gasteiger partial charge in [0.25, 0.3) is 0 Å². The highest BCUT2D eigenvalue weighted by atomic mass is 16.2. The van der Waals surface area contributed by atoms with Gasteiger partial charge in [-0.3, -0.25) is 9.78 Å². The zero-order valence-corrected chi connectivity index (χ0v) is 11.4. The van der Waals surface area contributed by atoms with Crippen LogP contribution in [0.2, 0.25) is 0 Å². The molecule has 0 aromatic carbocycles. The van der Waals surface area contributed by atoms with Gasteiger partial charge in [0, 0.05) is 24.1 Å². The van der Waals surface area contributed by atoms with Crippen molar-refractivity contribution in [3.63, 3.8) is 0 Å². The van der Waals surface area contributed by atoms with Gasteiger partial charge in [-0.25, -0.2) is 0 Å². The first-order valence-corrected chi connectivity index (χ1v) is 7.15. The molecule has 1 aliphatic heterocycles. The number of nitrogens with one attached hydrogen (secondary N) is 2. The lowest BCUT2D eigenvalue weighted by Crippen LogP contribution is -2.44. The minimum atomic E-state index is -0.185. The minimum absolute atomic E-state index is 0.185. The van der Waals surface area contributed by atoms with Gasteiger partial charge in [-0.1, -0.05) is 12.8 Å². The first-order valence-electron chi connectivity index (χ1n) is 7.15. The Morgan fingerprint density at radius 1 is 1.53 bits per heavy atom. The number of amides is 1. The largest absolute Gasteiger partial charge is 0.325 e. The number of fused-ring (bicyclic) bond motifs is 1. The van der Waals surface area contributed by atoms with E-state index < -0.39 is 0 Å². The van der Waals surface area contributed by atoms with E-state index in [1.165, 1.54) is 19.3 Å². The van der Waals surface area contributed by atoms with Crippen LogP contribution in [0.25, 0.3) is 0 Å². The van der Waals surface area contributed by atoms with E-state index in [1.807, 2.05) is 19.1 Å². The molecular weight excluding hydrogens is 238 g/mol. The normalized spacial score (nSPS) is 29.8. The Morgan fingerprint density at radius 3 is 3.26 bits per heavy atom. The molecule has 1 aromatic heterocycles. The molecule has 0 radical (unpaired) electrons. The van der Waals surface area contributed by atoms with Crippen LogP contribution in [0.4, 0.5) is 5.69 Å². The number of aryl methyl sites for hydroxylation is 1. The number of carbonyl (C=O) groups excluding carboxylic acids is 1. The van der Waals surface area contributed by atoms with Crippen molar-refractivity contribution in [2.75, 3.05) is 18.4 Å². The van der Waals surface area contributed by atoms with Crippen LogP contribution in [0.3, 0.4) is 0 Å². The van der Waals surface area contributed by atoms with Crippen molar-refractivity contribution in [1.82, 2.24) is 10.3 Å². The second-order valence-corrected chi connectivity index (χ2v) is 5.87. The van der Waals surface area contributed by atoms with Crippen molar-refractivity contribution in [2.24, 2.45) is 11.3 Å². The number of rotatable bonds is 2. The quantitative estimate of drug-likeness (QED) is 0.855. The smallest absolute Gasteiger partial charge is 0.232 e. The van der Waals surface area contributed by atoms with Crippen LogP contribution < -0.4 is 10.6 Å². The van der Waals surface area contributed by atoms with Crippen molar-refractivity contribution in [3.05, 3.63) is 24.0 Å². The second-order valence-electron chi connectivity index (χ2n) is 5.87. The van der Waals surface area contributed by atoms with Crippen molar-refractivity contribution < 1.29 is 4.79 Å². The molecule has 1 aliphatic carbocycles. The predicted molar refractivity (Wildman–Crippen MR) is 74.9 cm³/mol. The number of hydrogen-bond acceptors (Lipinski definition) is 3. The first-order chi connectivity index (χ1) is 9.21. The molecule has 2 fully saturated rings. The minimum Gasteiger partial charge on any atom is -0.325 e. The Balaban J connectivity index is 1.79. The van der Waals surface area contributed by atoms with Crippen LogP contribution in [0, 0.1) is 18.3 Å². The summed E-state index contributed by atoms with van der Waals surface area (Å²) in [5.74, 6) is 0.692. The lowest BCUT2D eigenvalue weighted by molar-refractivity contribution is -0.128. The van der Waals surface area contributed by atoms with Gasteiger partial charge in [0.2, 0.25) is 5.91 Å². The zero-order valence-electron chi connectivity index (χ0n) is 11.4. The van der Waals surface area contributed by atoms with Gasteiger partial charge in [0.15, 0.2) is 0 Å². The second kappa shape index (κ2) is 4.93. The average Bonchev–Trinajstić information content (AvgIpc) is 2.83. The maximum atomic E-state index is 12.7. The Kier molecular flexibility index (Phi) is 3.27. The van der Waals surface area contributed by atoms with Gasteiger partial charge in [0.05, 0.1) is 5.41 Å². The summed E-state index contributed by atoms with van der Waals surface area (Å²) in [5.41, 5.74) is 1.61. The summed E-state index contributed by atoms with van der Waals surface area (Å²) >= 11 is 0. The summed E-state index contributed by atoms with van der Waals surface area (Å²) in [6.45, 7) is 3.75. The van der Waals surface area contributed by atoms with Crippen molar-refractivity contribution in [2.45, 2.75) is 32.6 Å². The summed E-state index contributed by atoms with van der Waals surface area (Å²) in [6, 6.07) is 3.79. The number of aromatic nitrogens is 1. The van der Waals surface area contributed by atoms with E-state index in [0.717, 1.165) is 30.9 Å². The lowest BCUT2D eigenvalue weighted by Gasteiger charge is -2.37. The maximum absolute atomic E-state index is 12.7. The zero-order chi connectivity index (χ0) is 13.3. The van der Waals surface area contributed by atoms with Crippen LogP contribution in [0.5, 0.6) is 0 Å². The highest BCUT2D eigenvalue weighted by Crippen LogP contribution is 2.44. The molecule has 0 unspecified atom stereocenters. The molecule has 1 saturated carbocycles. The summed E-state index contributed by atoms with van der Waals surface area (Å²) in [4.78, 5) is 16.9. The maximum Gasteiger partial charge on any atom is 0.232 e. The van der Waals surface area contributed by atoms with Crippen LogP contribution in [0.1, 0.15) is 31.4 Å². The molecule has 2 N–H and O–H groups in total. The number of hydrogen-bond donors (Lipinski definition) is 2. The highest BCUT2D eigenvalue weighted by Gasteiger charge is 2.49. The summed E-state index contributed by atoms with van der Waals surface area (Å²) in [7, 11) is 0. The van der Waals surface area contributed by atoms with E-state index in [0.29, 0.717) is 5.92 Å². The molecule has 1 amide bonds. The van der Waals surface area contributed by atoms with E-state index in [1.54, 1.807) is 6.20 Å². The standard InChI is InChI=1S/C15H21N3O/c1-11-8-13(5-7-17-11)18-14(19)15-6-3-2-4-12(15)9-16-10-15/h5,7-8,12,16H,2-4,6,9-10H2,1H3,(H,17,18,19)/t12-,15+/m0/s1. The molecule has 1 aromatic rings. The van der Waals surface area contributed by atoms with Gasteiger partial charge in [-0.15, -0.1) is 0 Å². The van der Waals surface area contributed by atoms with Crippen molar-refractivity contribution >= 4 is 11.6 Å². The first kappa shape index (κ1) is 12.6. The molecule has 3 rings (SSSR count). The van der Waals surface area contributed by atoms with Crippen LogP contribution in [-0.2, 0) is 4.79 Å². The third-order valence-electron chi connectivity index (χ3n) is 4.64. The van der Waals surface area contributed by atoms with Gasteiger partial charge >= 0.3 is 0 Å². The molecule has 1 saturated heterocycles. The van der Waals surface area contributed by atoms with E-state index in [9.17, 15) is 4.79 Å². The molecule has 102 valence electrons. The van der Waals surface area contributed by atoms with Crippen LogP contribution in [-0.4, -0.2) is 24.0 Å². The Labute approximate surface area is 114 Å². The molecular formula is C15H21N3O. The van der Waals surface area contributed by atoms with Gasteiger partial charge in [0.1, 0.15) is 0 Å². The Hall–Kier alpha value is -1.42. The SMILES string of the molecule is Cc1cc(NC(=O)[C@@]23CCCC[C@H]2CNC3)ccn1. The third-order valence-corrected chi connectivity index (χ3v) is 4.64. The number of pyridine rings is 1. The monoisotopic (exact) mass is 259 g/mol. The molecule has 0 bridgehead atoms. The van der Waals surface area contributed by atoms with E-state index >= 15 is 0 Å². The number of anilines is 1. The fraction of sp³-hybridized carbons (Fsp3) is 0.600. The molecule has 19 heavy (non-hydrogen) atoms. The van der Waals surface area contributed by atoms with Crippen LogP contribution in [0.15, 0.2) is 18.3 Å². The topological polar surface area (TPSA) is 54.0 Å². The van der Waals surface area contributed by atoms with E-state index in [-0.39, 0.29) is 11.3 Å². The molecule has 0 spiro atoms. The third kappa shape index (κ3) is 2.25. The van der Waals surface area contributed by atoms with Crippen molar-refractivity contribution in [1.29, 1.82) is 0 Å². The van der Waals surface area contributed by atoms with Crippen molar-refractivity contribution in [3.8, 4) is 0 Å². The fourth-order valence-electron chi connectivity index (χ4n) is 3.57. The van der Waals surface area contributed by atoms with Gasteiger partial charge < -0.3 is 10.6 Å².